The second kappa shape index (κ2) is 6.22. The Balaban J connectivity index is 2.34. The van der Waals surface area contributed by atoms with Crippen molar-refractivity contribution < 1.29 is 22.0 Å². The van der Waals surface area contributed by atoms with Crippen molar-refractivity contribution in [3.63, 3.8) is 0 Å². The van der Waals surface area contributed by atoms with Crippen molar-refractivity contribution in [2.45, 2.75) is 12.5 Å². The van der Waals surface area contributed by atoms with Crippen LogP contribution in [-0.4, -0.2) is 7.05 Å². The van der Waals surface area contributed by atoms with Crippen molar-refractivity contribution in [1.29, 1.82) is 0 Å². The van der Waals surface area contributed by atoms with Crippen LogP contribution in [0.25, 0.3) is 0 Å². The van der Waals surface area contributed by atoms with E-state index in [1.54, 1.807) is 0 Å². The second-order valence-corrected chi connectivity index (χ2v) is 4.58. The Morgan fingerprint density at radius 3 is 2.10 bits per heavy atom. The first kappa shape index (κ1) is 15.4. The Kier molecular flexibility index (Phi) is 4.57. The molecular formula is C15H12F5N. The van der Waals surface area contributed by atoms with E-state index in [1.807, 2.05) is 0 Å². The molecule has 0 aliphatic carbocycles. The van der Waals surface area contributed by atoms with Crippen molar-refractivity contribution in [2.24, 2.45) is 0 Å². The van der Waals surface area contributed by atoms with Crippen LogP contribution in [0.3, 0.4) is 0 Å². The Morgan fingerprint density at radius 1 is 0.905 bits per heavy atom. The van der Waals surface area contributed by atoms with Gasteiger partial charge in [-0.3, -0.25) is 0 Å². The quantitative estimate of drug-likeness (QED) is 0.667. The van der Waals surface area contributed by atoms with Crippen LogP contribution in [0.2, 0.25) is 0 Å². The average molecular weight is 301 g/mol. The van der Waals surface area contributed by atoms with Crippen LogP contribution in [-0.2, 0) is 6.42 Å². The SMILES string of the molecule is CNC(Cc1cc(F)ccc1F)c1cc(F)c(F)c(F)c1. The summed E-state index contributed by atoms with van der Waals surface area (Å²) in [5.74, 6) is -5.46. The Hall–Kier alpha value is -1.95. The molecule has 0 aromatic heterocycles. The van der Waals surface area contributed by atoms with Gasteiger partial charge in [-0.15, -0.1) is 0 Å². The zero-order valence-corrected chi connectivity index (χ0v) is 11.1. The van der Waals surface area contributed by atoms with E-state index in [0.717, 1.165) is 30.3 Å². The lowest BCUT2D eigenvalue weighted by molar-refractivity contribution is 0.440. The van der Waals surface area contributed by atoms with E-state index < -0.39 is 35.1 Å². The third-order valence-electron chi connectivity index (χ3n) is 3.19. The van der Waals surface area contributed by atoms with Gasteiger partial charge < -0.3 is 5.32 Å². The van der Waals surface area contributed by atoms with Gasteiger partial charge in [-0.2, -0.15) is 0 Å². The number of halogens is 5. The maximum absolute atomic E-state index is 13.6. The summed E-state index contributed by atoms with van der Waals surface area (Å²) in [7, 11) is 1.50. The van der Waals surface area contributed by atoms with Gasteiger partial charge in [0.25, 0.3) is 0 Å². The van der Waals surface area contributed by atoms with E-state index in [0.29, 0.717) is 0 Å². The van der Waals surface area contributed by atoms with E-state index in [9.17, 15) is 22.0 Å². The molecule has 21 heavy (non-hydrogen) atoms. The van der Waals surface area contributed by atoms with Gasteiger partial charge in [-0.05, 0) is 54.9 Å². The summed E-state index contributed by atoms with van der Waals surface area (Å²) in [4.78, 5) is 0. The standard InChI is InChI=1S/C15H12F5N/c1-21-14(7-8-4-10(16)2-3-11(8)17)9-5-12(18)15(20)13(19)6-9/h2-6,14,21H,7H2,1H3. The molecule has 0 spiro atoms. The third-order valence-corrected chi connectivity index (χ3v) is 3.19. The van der Waals surface area contributed by atoms with E-state index in [-0.39, 0.29) is 17.5 Å². The lowest BCUT2D eigenvalue weighted by Crippen LogP contribution is -2.20. The average Bonchev–Trinajstić information content (AvgIpc) is 2.45. The molecule has 0 fully saturated rings. The van der Waals surface area contributed by atoms with E-state index in [4.69, 9.17) is 0 Å². The largest absolute Gasteiger partial charge is 0.313 e. The monoisotopic (exact) mass is 301 g/mol. The number of benzene rings is 2. The first-order chi connectivity index (χ1) is 9.92. The third kappa shape index (κ3) is 3.39. The number of hydrogen-bond donors (Lipinski definition) is 1. The highest BCUT2D eigenvalue weighted by Gasteiger charge is 2.18. The molecule has 0 heterocycles. The molecule has 1 atom stereocenters. The molecule has 1 unspecified atom stereocenters. The van der Waals surface area contributed by atoms with Gasteiger partial charge in [0.2, 0.25) is 0 Å². The molecule has 2 aromatic carbocycles. The normalized spacial score (nSPS) is 12.5. The molecule has 1 N–H and O–H groups in total. The first-order valence-corrected chi connectivity index (χ1v) is 6.18. The molecule has 112 valence electrons. The maximum Gasteiger partial charge on any atom is 0.194 e. The molecular weight excluding hydrogens is 289 g/mol. The highest BCUT2D eigenvalue weighted by Crippen LogP contribution is 2.23. The van der Waals surface area contributed by atoms with E-state index in [1.165, 1.54) is 7.05 Å². The number of rotatable bonds is 4. The minimum absolute atomic E-state index is 0.0371. The summed E-state index contributed by atoms with van der Waals surface area (Å²) in [5, 5.41) is 2.74. The zero-order valence-electron chi connectivity index (χ0n) is 11.1. The molecule has 0 saturated carbocycles. The molecule has 0 saturated heterocycles. The molecule has 0 amide bonds. The smallest absolute Gasteiger partial charge is 0.194 e. The van der Waals surface area contributed by atoms with Gasteiger partial charge in [-0.1, -0.05) is 0 Å². The zero-order chi connectivity index (χ0) is 15.6. The summed E-state index contributed by atoms with van der Waals surface area (Å²) in [6, 6.07) is 3.93. The number of hydrogen-bond acceptors (Lipinski definition) is 1. The van der Waals surface area contributed by atoms with Crippen molar-refractivity contribution in [1.82, 2.24) is 5.32 Å². The van der Waals surface area contributed by atoms with E-state index >= 15 is 0 Å². The fourth-order valence-electron chi connectivity index (χ4n) is 2.08. The Labute approximate surface area is 118 Å². The molecule has 2 aromatic rings. The molecule has 2 rings (SSSR count). The van der Waals surface area contributed by atoms with Crippen LogP contribution in [0, 0.1) is 29.1 Å². The summed E-state index contributed by atoms with van der Waals surface area (Å²) >= 11 is 0. The fraction of sp³-hybridized carbons (Fsp3) is 0.200. The molecule has 0 aliphatic heterocycles. The summed E-state index contributed by atoms with van der Waals surface area (Å²) in [6.07, 6.45) is -0.0371. The molecule has 6 heteroatoms. The molecule has 0 aliphatic rings. The van der Waals surface area contributed by atoms with Gasteiger partial charge >= 0.3 is 0 Å². The van der Waals surface area contributed by atoms with Gasteiger partial charge in [0.05, 0.1) is 0 Å². The first-order valence-electron chi connectivity index (χ1n) is 6.18. The van der Waals surface area contributed by atoms with Crippen LogP contribution in [0.1, 0.15) is 17.2 Å². The predicted molar refractivity (Wildman–Crippen MR) is 68.2 cm³/mol. The lowest BCUT2D eigenvalue weighted by Gasteiger charge is -2.17. The Bertz CT molecular complexity index is 634. The fourth-order valence-corrected chi connectivity index (χ4v) is 2.08. The minimum atomic E-state index is -1.56. The van der Waals surface area contributed by atoms with Crippen molar-refractivity contribution >= 4 is 0 Å². The van der Waals surface area contributed by atoms with Crippen LogP contribution < -0.4 is 5.32 Å². The summed E-state index contributed by atoms with van der Waals surface area (Å²) in [6.45, 7) is 0. The van der Waals surface area contributed by atoms with Crippen molar-refractivity contribution in [3.05, 3.63) is 70.5 Å². The molecule has 1 nitrogen and oxygen atoms in total. The maximum atomic E-state index is 13.6. The van der Waals surface area contributed by atoms with Gasteiger partial charge in [-0.25, -0.2) is 22.0 Å². The van der Waals surface area contributed by atoms with Crippen LogP contribution in [0.15, 0.2) is 30.3 Å². The van der Waals surface area contributed by atoms with Gasteiger partial charge in [0.15, 0.2) is 17.5 Å². The van der Waals surface area contributed by atoms with Gasteiger partial charge in [0.1, 0.15) is 11.6 Å². The molecule has 0 bridgehead atoms. The predicted octanol–water partition coefficient (Wildman–Crippen LogP) is 3.89. The highest BCUT2D eigenvalue weighted by molar-refractivity contribution is 5.27. The number of nitrogens with one attached hydrogen (secondary N) is 1. The highest BCUT2D eigenvalue weighted by atomic mass is 19.2. The lowest BCUT2D eigenvalue weighted by atomic mass is 9.98. The van der Waals surface area contributed by atoms with Crippen LogP contribution in [0.5, 0.6) is 0 Å². The van der Waals surface area contributed by atoms with Gasteiger partial charge in [0, 0.05) is 6.04 Å². The summed E-state index contributed by atoms with van der Waals surface area (Å²) < 4.78 is 66.2. The van der Waals surface area contributed by atoms with Crippen LogP contribution >= 0.6 is 0 Å². The Morgan fingerprint density at radius 2 is 1.52 bits per heavy atom. The van der Waals surface area contributed by atoms with E-state index in [2.05, 4.69) is 5.32 Å². The molecule has 0 radical (unpaired) electrons. The summed E-state index contributed by atoms with van der Waals surface area (Å²) in [5.41, 5.74) is 0.164. The van der Waals surface area contributed by atoms with Crippen molar-refractivity contribution in [2.75, 3.05) is 7.05 Å². The topological polar surface area (TPSA) is 12.0 Å². The minimum Gasteiger partial charge on any atom is -0.313 e. The van der Waals surface area contributed by atoms with Crippen molar-refractivity contribution in [3.8, 4) is 0 Å². The number of likely N-dealkylation sites (N-methyl/N-ethyl adjacent to an activating group) is 1. The van der Waals surface area contributed by atoms with Crippen LogP contribution in [0.4, 0.5) is 22.0 Å². The second-order valence-electron chi connectivity index (χ2n) is 4.58.